The van der Waals surface area contributed by atoms with Crippen molar-refractivity contribution in [1.82, 2.24) is 9.80 Å². The number of alkyl halides is 1. The molecule has 0 unspecified atom stereocenters. The fraction of sp³-hybridized carbons (Fsp3) is 1.00. The first-order chi connectivity index (χ1) is 6.79. The number of hydrogen-bond donors (Lipinski definition) is 0. The van der Waals surface area contributed by atoms with Crippen molar-refractivity contribution in [2.24, 2.45) is 0 Å². The Bertz CT molecular complexity index is 142. The van der Waals surface area contributed by atoms with Gasteiger partial charge in [-0.15, -0.1) is 17.0 Å². The molecule has 0 aromatic heterocycles. The first-order valence-electron chi connectivity index (χ1n) is 5.91. The summed E-state index contributed by atoms with van der Waals surface area (Å²) >= 11 is 0. The minimum Gasteiger partial charge on any atom is -0.260 e. The SMILES string of the molecule is Br.CCCCN1CCN(CCCC)C1F. The zero-order chi connectivity index (χ0) is 10.4. The summed E-state index contributed by atoms with van der Waals surface area (Å²) in [5.74, 6) is 0. The quantitative estimate of drug-likeness (QED) is 0.691. The van der Waals surface area contributed by atoms with E-state index in [-0.39, 0.29) is 17.0 Å². The minimum atomic E-state index is -0.812. The van der Waals surface area contributed by atoms with E-state index in [9.17, 15) is 4.39 Å². The van der Waals surface area contributed by atoms with Crippen molar-refractivity contribution < 1.29 is 4.39 Å². The van der Waals surface area contributed by atoms with Crippen LogP contribution in [0.4, 0.5) is 4.39 Å². The molecule has 0 radical (unpaired) electrons. The Morgan fingerprint density at radius 2 is 1.40 bits per heavy atom. The zero-order valence-electron chi connectivity index (χ0n) is 9.91. The van der Waals surface area contributed by atoms with E-state index in [1.807, 2.05) is 9.80 Å². The van der Waals surface area contributed by atoms with Gasteiger partial charge < -0.3 is 0 Å². The van der Waals surface area contributed by atoms with Crippen LogP contribution in [0.1, 0.15) is 39.5 Å². The smallest absolute Gasteiger partial charge is 0.210 e. The molecule has 0 bridgehead atoms. The molecule has 4 heteroatoms. The first-order valence-corrected chi connectivity index (χ1v) is 5.91. The third-order valence-corrected chi connectivity index (χ3v) is 2.87. The lowest BCUT2D eigenvalue weighted by atomic mass is 10.3. The summed E-state index contributed by atoms with van der Waals surface area (Å²) in [7, 11) is 0. The van der Waals surface area contributed by atoms with Gasteiger partial charge in [0.2, 0.25) is 6.42 Å². The third-order valence-electron chi connectivity index (χ3n) is 2.87. The number of hydrogen-bond acceptors (Lipinski definition) is 2. The van der Waals surface area contributed by atoms with Crippen molar-refractivity contribution in [3.05, 3.63) is 0 Å². The molecule has 0 N–H and O–H groups in total. The van der Waals surface area contributed by atoms with Gasteiger partial charge in [0, 0.05) is 26.2 Å². The molecular weight excluding hydrogens is 259 g/mol. The van der Waals surface area contributed by atoms with Gasteiger partial charge in [0.15, 0.2) is 0 Å². The van der Waals surface area contributed by atoms with Gasteiger partial charge in [-0.25, -0.2) is 4.39 Å². The van der Waals surface area contributed by atoms with Crippen LogP contribution in [0, 0.1) is 0 Å². The Morgan fingerprint density at radius 3 is 1.73 bits per heavy atom. The summed E-state index contributed by atoms with van der Waals surface area (Å²) in [5.41, 5.74) is 0. The molecule has 0 aromatic rings. The lowest BCUT2D eigenvalue weighted by Crippen LogP contribution is -2.35. The van der Waals surface area contributed by atoms with Gasteiger partial charge in [-0.05, 0) is 12.8 Å². The van der Waals surface area contributed by atoms with Gasteiger partial charge in [0.05, 0.1) is 0 Å². The highest BCUT2D eigenvalue weighted by molar-refractivity contribution is 8.93. The van der Waals surface area contributed by atoms with Crippen LogP contribution < -0.4 is 0 Å². The molecule has 92 valence electrons. The summed E-state index contributed by atoms with van der Waals surface area (Å²) < 4.78 is 13.8. The molecule has 0 spiro atoms. The fourth-order valence-corrected chi connectivity index (χ4v) is 1.86. The topological polar surface area (TPSA) is 6.48 Å². The molecule has 0 atom stereocenters. The second kappa shape index (κ2) is 8.48. The molecule has 2 nitrogen and oxygen atoms in total. The van der Waals surface area contributed by atoms with Gasteiger partial charge in [-0.2, -0.15) is 0 Å². The Morgan fingerprint density at radius 1 is 1.00 bits per heavy atom. The molecule has 1 aliphatic rings. The van der Waals surface area contributed by atoms with Crippen molar-refractivity contribution in [2.75, 3.05) is 26.2 Å². The molecule has 1 saturated heterocycles. The maximum atomic E-state index is 13.8. The highest BCUT2D eigenvalue weighted by Gasteiger charge is 2.30. The lowest BCUT2D eigenvalue weighted by Gasteiger charge is -2.22. The summed E-state index contributed by atoms with van der Waals surface area (Å²) in [5, 5.41) is 0. The summed E-state index contributed by atoms with van der Waals surface area (Å²) in [4.78, 5) is 3.92. The molecule has 15 heavy (non-hydrogen) atoms. The van der Waals surface area contributed by atoms with Crippen molar-refractivity contribution in [3.63, 3.8) is 0 Å². The summed E-state index contributed by atoms with van der Waals surface area (Å²) in [6.45, 7) is 7.95. The molecule has 1 fully saturated rings. The van der Waals surface area contributed by atoms with Crippen LogP contribution in [0.3, 0.4) is 0 Å². The predicted octanol–water partition coefficient (Wildman–Crippen LogP) is 3.04. The van der Waals surface area contributed by atoms with E-state index in [0.29, 0.717) is 0 Å². The number of rotatable bonds is 6. The second-order valence-electron chi connectivity index (χ2n) is 4.09. The molecular formula is C11H24BrFN2. The summed E-state index contributed by atoms with van der Waals surface area (Å²) in [6, 6.07) is 0. The Hall–Kier alpha value is 0.330. The normalized spacial score (nSPS) is 19.4. The van der Waals surface area contributed by atoms with Crippen LogP contribution in [-0.2, 0) is 0 Å². The maximum Gasteiger partial charge on any atom is 0.210 e. The maximum absolute atomic E-state index is 13.8. The average Bonchev–Trinajstić information content (AvgIpc) is 2.54. The van der Waals surface area contributed by atoms with Gasteiger partial charge in [0.1, 0.15) is 0 Å². The summed E-state index contributed by atoms with van der Waals surface area (Å²) in [6.07, 6.45) is 3.72. The number of unbranched alkanes of at least 4 members (excludes halogenated alkanes) is 2. The molecule has 1 heterocycles. The van der Waals surface area contributed by atoms with E-state index in [2.05, 4.69) is 13.8 Å². The molecule has 0 amide bonds. The number of nitrogens with zero attached hydrogens (tertiary/aromatic N) is 2. The molecule has 0 aliphatic carbocycles. The highest BCUT2D eigenvalue weighted by Crippen LogP contribution is 2.16. The van der Waals surface area contributed by atoms with E-state index in [4.69, 9.17) is 0 Å². The van der Waals surface area contributed by atoms with Crippen LogP contribution in [-0.4, -0.2) is 42.4 Å². The molecule has 1 aliphatic heterocycles. The monoisotopic (exact) mass is 282 g/mol. The third kappa shape index (κ3) is 4.79. The van der Waals surface area contributed by atoms with Crippen LogP contribution >= 0.6 is 17.0 Å². The van der Waals surface area contributed by atoms with E-state index in [0.717, 1.165) is 51.9 Å². The van der Waals surface area contributed by atoms with Crippen molar-refractivity contribution in [1.29, 1.82) is 0 Å². The lowest BCUT2D eigenvalue weighted by molar-refractivity contribution is 0.0160. The van der Waals surface area contributed by atoms with Crippen molar-refractivity contribution in [2.45, 2.75) is 46.0 Å². The predicted molar refractivity (Wildman–Crippen MR) is 68.2 cm³/mol. The fourth-order valence-electron chi connectivity index (χ4n) is 1.86. The van der Waals surface area contributed by atoms with E-state index in [1.165, 1.54) is 0 Å². The standard InChI is InChI=1S/C11H23FN2.BrH/c1-3-5-7-13-9-10-14(11(13)12)8-6-4-2;/h11H,3-10H2,1-2H3;1H. The molecule has 0 aromatic carbocycles. The Kier molecular flexibility index (Phi) is 8.66. The van der Waals surface area contributed by atoms with Crippen LogP contribution in [0.5, 0.6) is 0 Å². The van der Waals surface area contributed by atoms with Gasteiger partial charge in [-0.3, -0.25) is 9.80 Å². The zero-order valence-corrected chi connectivity index (χ0v) is 11.6. The van der Waals surface area contributed by atoms with Crippen molar-refractivity contribution >= 4 is 17.0 Å². The first kappa shape index (κ1) is 15.3. The van der Waals surface area contributed by atoms with Gasteiger partial charge in [0.25, 0.3) is 0 Å². The molecule has 0 saturated carbocycles. The van der Waals surface area contributed by atoms with E-state index >= 15 is 0 Å². The average molecular weight is 283 g/mol. The largest absolute Gasteiger partial charge is 0.260 e. The van der Waals surface area contributed by atoms with Crippen molar-refractivity contribution in [3.8, 4) is 0 Å². The second-order valence-corrected chi connectivity index (χ2v) is 4.09. The Labute approximate surface area is 104 Å². The van der Waals surface area contributed by atoms with Gasteiger partial charge in [-0.1, -0.05) is 26.7 Å². The van der Waals surface area contributed by atoms with E-state index < -0.39 is 6.42 Å². The Balaban J connectivity index is 0.00000196. The van der Waals surface area contributed by atoms with Crippen LogP contribution in [0.2, 0.25) is 0 Å². The minimum absolute atomic E-state index is 0. The van der Waals surface area contributed by atoms with E-state index in [1.54, 1.807) is 0 Å². The van der Waals surface area contributed by atoms with Crippen LogP contribution in [0.15, 0.2) is 0 Å². The van der Waals surface area contributed by atoms with Crippen LogP contribution in [0.25, 0.3) is 0 Å². The highest BCUT2D eigenvalue weighted by atomic mass is 79.9. The number of halogens is 2. The van der Waals surface area contributed by atoms with Gasteiger partial charge >= 0.3 is 0 Å². The molecule has 1 rings (SSSR count).